The molecule has 76 valence electrons. The molecule has 0 N–H and O–H groups in total. The molecule has 0 bridgehead atoms. The molecule has 2 rings (SSSR count). The van der Waals surface area contributed by atoms with Gasteiger partial charge in [-0.2, -0.15) is 0 Å². The third-order valence-electron chi connectivity index (χ3n) is 2.26. The molecular weight excluding hydrogens is 302 g/mol. The van der Waals surface area contributed by atoms with Gasteiger partial charge in [-0.15, -0.1) is 0 Å². The van der Waals surface area contributed by atoms with E-state index in [0.29, 0.717) is 9.13 Å². The summed E-state index contributed by atoms with van der Waals surface area (Å²) in [7, 11) is 0. The van der Waals surface area contributed by atoms with E-state index >= 15 is 0 Å². The van der Waals surface area contributed by atoms with Crippen molar-refractivity contribution in [2.45, 2.75) is 6.92 Å². The van der Waals surface area contributed by atoms with Gasteiger partial charge in [0.15, 0.2) is 0 Å². The average Bonchev–Trinajstić information content (AvgIpc) is 2.24. The van der Waals surface area contributed by atoms with Crippen LogP contribution >= 0.6 is 22.6 Å². The van der Waals surface area contributed by atoms with E-state index in [-0.39, 0.29) is 5.82 Å². The second-order valence-electron chi connectivity index (χ2n) is 3.47. The summed E-state index contributed by atoms with van der Waals surface area (Å²) in [5, 5.41) is 0. The summed E-state index contributed by atoms with van der Waals surface area (Å²) >= 11 is 2.03. The highest BCUT2D eigenvalue weighted by atomic mass is 127. The maximum atomic E-state index is 13.9. The highest BCUT2D eigenvalue weighted by molar-refractivity contribution is 14.1. The maximum absolute atomic E-state index is 13.9. The van der Waals surface area contributed by atoms with Crippen molar-refractivity contribution in [1.82, 2.24) is 0 Å². The molecular formula is C13H10FI. The Morgan fingerprint density at radius 1 is 1.07 bits per heavy atom. The minimum absolute atomic E-state index is 0.132. The zero-order valence-electron chi connectivity index (χ0n) is 8.30. The van der Waals surface area contributed by atoms with Crippen molar-refractivity contribution in [3.05, 3.63) is 57.4 Å². The largest absolute Gasteiger partial charge is 0.205 e. The molecule has 0 radical (unpaired) electrons. The SMILES string of the molecule is Cc1cc(I)c(F)c(-c2ccccc2)c1. The van der Waals surface area contributed by atoms with Crippen LogP contribution in [0.2, 0.25) is 0 Å². The summed E-state index contributed by atoms with van der Waals surface area (Å²) in [5.74, 6) is -0.132. The van der Waals surface area contributed by atoms with Crippen molar-refractivity contribution < 1.29 is 4.39 Å². The van der Waals surface area contributed by atoms with E-state index in [2.05, 4.69) is 0 Å². The van der Waals surface area contributed by atoms with Crippen LogP contribution in [0.15, 0.2) is 42.5 Å². The molecule has 0 unspecified atom stereocenters. The van der Waals surface area contributed by atoms with Crippen LogP contribution in [-0.4, -0.2) is 0 Å². The van der Waals surface area contributed by atoms with E-state index in [1.165, 1.54) is 0 Å². The lowest BCUT2D eigenvalue weighted by Gasteiger charge is -2.06. The van der Waals surface area contributed by atoms with Gasteiger partial charge in [0, 0.05) is 9.13 Å². The van der Waals surface area contributed by atoms with E-state index in [0.717, 1.165) is 11.1 Å². The maximum Gasteiger partial charge on any atom is 0.144 e. The van der Waals surface area contributed by atoms with E-state index in [1.54, 1.807) is 0 Å². The number of rotatable bonds is 1. The smallest absolute Gasteiger partial charge is 0.144 e. The van der Waals surface area contributed by atoms with Crippen LogP contribution in [-0.2, 0) is 0 Å². The van der Waals surface area contributed by atoms with Crippen LogP contribution in [0.25, 0.3) is 11.1 Å². The second kappa shape index (κ2) is 4.31. The van der Waals surface area contributed by atoms with E-state index < -0.39 is 0 Å². The fourth-order valence-electron chi connectivity index (χ4n) is 1.55. The molecule has 0 spiro atoms. The first-order chi connectivity index (χ1) is 7.18. The van der Waals surface area contributed by atoms with Crippen LogP contribution in [0.4, 0.5) is 4.39 Å². The van der Waals surface area contributed by atoms with Crippen LogP contribution in [0.3, 0.4) is 0 Å². The van der Waals surface area contributed by atoms with Crippen LogP contribution in [0, 0.1) is 16.3 Å². The predicted octanol–water partition coefficient (Wildman–Crippen LogP) is 4.41. The van der Waals surface area contributed by atoms with Gasteiger partial charge in [0.1, 0.15) is 5.82 Å². The normalized spacial score (nSPS) is 10.3. The fraction of sp³-hybridized carbons (Fsp3) is 0.0769. The number of aryl methyl sites for hydroxylation is 1. The van der Waals surface area contributed by atoms with Gasteiger partial charge in [0.05, 0.1) is 0 Å². The summed E-state index contributed by atoms with van der Waals surface area (Å²) in [6.45, 7) is 1.98. The Balaban J connectivity index is 2.63. The summed E-state index contributed by atoms with van der Waals surface area (Å²) in [6.07, 6.45) is 0. The Morgan fingerprint density at radius 3 is 2.40 bits per heavy atom. The molecule has 0 fully saturated rings. The molecule has 0 aromatic heterocycles. The van der Waals surface area contributed by atoms with Gasteiger partial charge in [-0.05, 0) is 52.8 Å². The van der Waals surface area contributed by atoms with Crippen LogP contribution in [0.5, 0.6) is 0 Å². The molecule has 0 aliphatic carbocycles. The third kappa shape index (κ3) is 2.20. The van der Waals surface area contributed by atoms with Crippen molar-refractivity contribution in [1.29, 1.82) is 0 Å². The standard InChI is InChI=1S/C13H10FI/c1-9-7-11(13(14)12(15)8-9)10-5-3-2-4-6-10/h2-8H,1H3. The fourth-order valence-corrected chi connectivity index (χ4v) is 2.33. The van der Waals surface area contributed by atoms with Gasteiger partial charge in [-0.3, -0.25) is 0 Å². The van der Waals surface area contributed by atoms with Crippen molar-refractivity contribution >= 4 is 22.6 Å². The van der Waals surface area contributed by atoms with Gasteiger partial charge >= 0.3 is 0 Å². The predicted molar refractivity (Wildman–Crippen MR) is 69.3 cm³/mol. The molecule has 0 aliphatic rings. The minimum Gasteiger partial charge on any atom is -0.205 e. The van der Waals surface area contributed by atoms with Gasteiger partial charge in [0.25, 0.3) is 0 Å². The Labute approximate surface area is 102 Å². The number of halogens is 2. The van der Waals surface area contributed by atoms with Crippen molar-refractivity contribution in [2.75, 3.05) is 0 Å². The monoisotopic (exact) mass is 312 g/mol. The zero-order chi connectivity index (χ0) is 10.8. The molecule has 0 saturated heterocycles. The van der Waals surface area contributed by atoms with Crippen LogP contribution in [0.1, 0.15) is 5.56 Å². The van der Waals surface area contributed by atoms with Crippen molar-refractivity contribution in [3.63, 3.8) is 0 Å². The minimum atomic E-state index is -0.132. The number of hydrogen-bond acceptors (Lipinski definition) is 0. The van der Waals surface area contributed by atoms with Gasteiger partial charge in [-0.1, -0.05) is 30.3 Å². The lowest BCUT2D eigenvalue weighted by Crippen LogP contribution is -1.90. The first kappa shape index (κ1) is 10.6. The number of hydrogen-bond donors (Lipinski definition) is 0. The van der Waals surface area contributed by atoms with Gasteiger partial charge < -0.3 is 0 Å². The Hall–Kier alpha value is -0.900. The molecule has 0 saturated carbocycles. The van der Waals surface area contributed by atoms with Crippen molar-refractivity contribution in [3.8, 4) is 11.1 Å². The zero-order valence-corrected chi connectivity index (χ0v) is 10.5. The van der Waals surface area contributed by atoms with E-state index in [1.807, 2.05) is 72.0 Å². The molecule has 0 amide bonds. The molecule has 0 atom stereocenters. The highest BCUT2D eigenvalue weighted by Gasteiger charge is 2.08. The van der Waals surface area contributed by atoms with Gasteiger partial charge in [0.2, 0.25) is 0 Å². The molecule has 15 heavy (non-hydrogen) atoms. The Morgan fingerprint density at radius 2 is 1.73 bits per heavy atom. The second-order valence-corrected chi connectivity index (χ2v) is 4.64. The summed E-state index contributed by atoms with van der Waals surface area (Å²) < 4.78 is 14.5. The summed E-state index contributed by atoms with van der Waals surface area (Å²) in [5.41, 5.74) is 2.69. The van der Waals surface area contributed by atoms with E-state index in [9.17, 15) is 4.39 Å². The van der Waals surface area contributed by atoms with Crippen molar-refractivity contribution in [2.24, 2.45) is 0 Å². The Kier molecular flexibility index (Phi) is 3.05. The molecule has 0 nitrogen and oxygen atoms in total. The molecule has 2 heteroatoms. The third-order valence-corrected chi connectivity index (χ3v) is 3.04. The first-order valence-electron chi connectivity index (χ1n) is 4.69. The molecule has 0 aliphatic heterocycles. The quantitative estimate of drug-likeness (QED) is 0.685. The summed E-state index contributed by atoms with van der Waals surface area (Å²) in [4.78, 5) is 0. The lowest BCUT2D eigenvalue weighted by molar-refractivity contribution is 0.623. The van der Waals surface area contributed by atoms with Gasteiger partial charge in [-0.25, -0.2) is 4.39 Å². The molecule has 2 aromatic rings. The highest BCUT2D eigenvalue weighted by Crippen LogP contribution is 2.27. The topological polar surface area (TPSA) is 0 Å². The Bertz CT molecular complexity index is 477. The van der Waals surface area contributed by atoms with Crippen LogP contribution < -0.4 is 0 Å². The first-order valence-corrected chi connectivity index (χ1v) is 5.77. The molecule has 0 heterocycles. The molecule has 2 aromatic carbocycles. The van der Waals surface area contributed by atoms with E-state index in [4.69, 9.17) is 0 Å². The summed E-state index contributed by atoms with van der Waals surface area (Å²) in [6, 6.07) is 13.4. The number of benzene rings is 2. The lowest BCUT2D eigenvalue weighted by atomic mass is 10.0. The average molecular weight is 312 g/mol.